The number of halogens is 3. The van der Waals surface area contributed by atoms with Crippen LogP contribution in [-0.4, -0.2) is 32.6 Å². The summed E-state index contributed by atoms with van der Waals surface area (Å²) in [5, 5.41) is 5.52. The zero-order chi connectivity index (χ0) is 15.5. The molecule has 1 atom stereocenters. The first-order valence-corrected chi connectivity index (χ1v) is 6.25. The van der Waals surface area contributed by atoms with Gasteiger partial charge in [0.15, 0.2) is 0 Å². The van der Waals surface area contributed by atoms with E-state index >= 15 is 0 Å². The largest absolute Gasteiger partial charge is 0.451 e. The van der Waals surface area contributed by atoms with Crippen molar-refractivity contribution in [3.63, 3.8) is 0 Å². The summed E-state index contributed by atoms with van der Waals surface area (Å²) in [4.78, 5) is 10.8. The molecule has 2 rings (SSSR count). The molecular formula is C12H15F3N6. The van der Waals surface area contributed by atoms with E-state index in [0.717, 1.165) is 0 Å². The van der Waals surface area contributed by atoms with Crippen LogP contribution in [0.15, 0.2) is 24.8 Å². The second-order valence-corrected chi connectivity index (χ2v) is 4.51. The van der Waals surface area contributed by atoms with Crippen LogP contribution in [0.2, 0.25) is 0 Å². The van der Waals surface area contributed by atoms with Crippen molar-refractivity contribution >= 4 is 11.6 Å². The molecule has 0 aliphatic heterocycles. The number of imidazole rings is 1. The van der Waals surface area contributed by atoms with Crippen LogP contribution in [0.5, 0.6) is 0 Å². The summed E-state index contributed by atoms with van der Waals surface area (Å²) in [5.74, 6) is -0.948. The van der Waals surface area contributed by atoms with Gasteiger partial charge in [-0.2, -0.15) is 13.2 Å². The van der Waals surface area contributed by atoms with Crippen LogP contribution in [0.3, 0.4) is 0 Å². The van der Waals surface area contributed by atoms with E-state index in [2.05, 4.69) is 25.6 Å². The highest BCUT2D eigenvalue weighted by Crippen LogP contribution is 2.28. The number of anilines is 2. The molecule has 0 spiro atoms. The highest BCUT2D eigenvalue weighted by Gasteiger charge is 2.35. The Kier molecular flexibility index (Phi) is 4.29. The van der Waals surface area contributed by atoms with Gasteiger partial charge in [0.05, 0.1) is 6.33 Å². The maximum Gasteiger partial charge on any atom is 0.451 e. The zero-order valence-corrected chi connectivity index (χ0v) is 11.5. The number of aromatic nitrogens is 4. The standard InChI is InChI=1S/C12H15F3N6/c1-8(6-21-4-3-17-7-21)18-10-5-9(16-2)19-11(20-10)12(13,14)15/h3-5,7-8H,6H2,1-2H3,(H2,16,18,19,20). The fourth-order valence-electron chi connectivity index (χ4n) is 1.79. The first kappa shape index (κ1) is 15.1. The van der Waals surface area contributed by atoms with E-state index in [0.29, 0.717) is 6.54 Å². The Morgan fingerprint density at radius 1 is 1.29 bits per heavy atom. The summed E-state index contributed by atoms with van der Waals surface area (Å²) >= 11 is 0. The van der Waals surface area contributed by atoms with Crippen LogP contribution in [-0.2, 0) is 12.7 Å². The van der Waals surface area contributed by atoms with Crippen molar-refractivity contribution in [1.29, 1.82) is 0 Å². The lowest BCUT2D eigenvalue weighted by atomic mass is 10.3. The Morgan fingerprint density at radius 3 is 2.57 bits per heavy atom. The lowest BCUT2D eigenvalue weighted by Crippen LogP contribution is -2.23. The Bertz CT molecular complexity index is 581. The van der Waals surface area contributed by atoms with Gasteiger partial charge < -0.3 is 15.2 Å². The van der Waals surface area contributed by atoms with Crippen LogP contribution in [0.25, 0.3) is 0 Å². The van der Waals surface area contributed by atoms with Gasteiger partial charge in [-0.15, -0.1) is 0 Å². The Morgan fingerprint density at radius 2 is 2.00 bits per heavy atom. The fourth-order valence-corrected chi connectivity index (χ4v) is 1.79. The van der Waals surface area contributed by atoms with Gasteiger partial charge in [0.1, 0.15) is 11.6 Å². The molecule has 0 amide bonds. The van der Waals surface area contributed by atoms with Crippen molar-refractivity contribution in [2.24, 2.45) is 0 Å². The van der Waals surface area contributed by atoms with Crippen LogP contribution in [0.1, 0.15) is 12.7 Å². The lowest BCUT2D eigenvalue weighted by Gasteiger charge is -2.16. The van der Waals surface area contributed by atoms with Crippen molar-refractivity contribution in [2.45, 2.75) is 25.7 Å². The molecule has 0 bridgehead atoms. The zero-order valence-electron chi connectivity index (χ0n) is 11.5. The van der Waals surface area contributed by atoms with Crippen molar-refractivity contribution in [2.75, 3.05) is 17.7 Å². The van der Waals surface area contributed by atoms with Gasteiger partial charge in [0, 0.05) is 38.1 Å². The second-order valence-electron chi connectivity index (χ2n) is 4.51. The number of alkyl halides is 3. The molecule has 0 aliphatic rings. The molecule has 2 heterocycles. The molecule has 9 heteroatoms. The third kappa shape index (κ3) is 4.07. The molecule has 6 nitrogen and oxygen atoms in total. The fraction of sp³-hybridized carbons (Fsp3) is 0.417. The first-order chi connectivity index (χ1) is 9.88. The second kappa shape index (κ2) is 5.98. The molecule has 0 saturated heterocycles. The van der Waals surface area contributed by atoms with Gasteiger partial charge in [-0.25, -0.2) is 15.0 Å². The SMILES string of the molecule is CNc1cc(NC(C)Cn2ccnc2)nc(C(F)(F)F)n1. The van der Waals surface area contributed by atoms with E-state index in [1.807, 2.05) is 11.5 Å². The van der Waals surface area contributed by atoms with Crippen molar-refractivity contribution < 1.29 is 13.2 Å². The Hall–Kier alpha value is -2.32. The van der Waals surface area contributed by atoms with Crippen molar-refractivity contribution in [1.82, 2.24) is 19.5 Å². The molecule has 2 aromatic heterocycles. The smallest absolute Gasteiger partial charge is 0.373 e. The predicted molar refractivity (Wildman–Crippen MR) is 71.9 cm³/mol. The number of hydrogen-bond acceptors (Lipinski definition) is 5. The monoisotopic (exact) mass is 300 g/mol. The molecule has 114 valence electrons. The third-order valence-corrected chi connectivity index (χ3v) is 2.67. The minimum Gasteiger partial charge on any atom is -0.373 e. The molecular weight excluding hydrogens is 285 g/mol. The lowest BCUT2D eigenvalue weighted by molar-refractivity contribution is -0.144. The van der Waals surface area contributed by atoms with Crippen LogP contribution < -0.4 is 10.6 Å². The summed E-state index contributed by atoms with van der Waals surface area (Å²) in [5.41, 5.74) is 0. The molecule has 2 aromatic rings. The molecule has 0 aromatic carbocycles. The van der Waals surface area contributed by atoms with Crippen LogP contribution >= 0.6 is 0 Å². The van der Waals surface area contributed by atoms with E-state index < -0.39 is 12.0 Å². The maximum atomic E-state index is 12.7. The topological polar surface area (TPSA) is 67.7 Å². The average Bonchev–Trinajstić information content (AvgIpc) is 2.89. The van der Waals surface area contributed by atoms with Gasteiger partial charge in [0.2, 0.25) is 5.82 Å². The normalized spacial score (nSPS) is 13.0. The third-order valence-electron chi connectivity index (χ3n) is 2.67. The van der Waals surface area contributed by atoms with E-state index in [1.54, 1.807) is 18.7 Å². The number of nitrogens with zero attached hydrogens (tertiary/aromatic N) is 4. The molecule has 0 saturated carbocycles. The van der Waals surface area contributed by atoms with E-state index in [1.165, 1.54) is 13.1 Å². The Balaban J connectivity index is 2.15. The number of hydrogen-bond donors (Lipinski definition) is 2. The molecule has 0 fully saturated rings. The summed E-state index contributed by atoms with van der Waals surface area (Å²) in [6.45, 7) is 2.40. The number of rotatable bonds is 5. The minimum absolute atomic E-state index is 0.106. The first-order valence-electron chi connectivity index (χ1n) is 6.25. The van der Waals surface area contributed by atoms with E-state index in [4.69, 9.17) is 0 Å². The Labute approximate surface area is 119 Å². The van der Waals surface area contributed by atoms with Crippen LogP contribution in [0, 0.1) is 0 Å². The molecule has 1 unspecified atom stereocenters. The predicted octanol–water partition coefficient (Wildman–Crippen LogP) is 2.23. The molecule has 0 aliphatic carbocycles. The summed E-state index contributed by atoms with van der Waals surface area (Å²) in [6, 6.07) is 1.31. The quantitative estimate of drug-likeness (QED) is 0.886. The summed E-state index contributed by atoms with van der Waals surface area (Å²) < 4.78 is 40.0. The van der Waals surface area contributed by atoms with Gasteiger partial charge in [-0.3, -0.25) is 0 Å². The maximum absolute atomic E-state index is 12.7. The van der Waals surface area contributed by atoms with Crippen LogP contribution in [0.4, 0.5) is 24.8 Å². The van der Waals surface area contributed by atoms with E-state index in [9.17, 15) is 13.2 Å². The average molecular weight is 300 g/mol. The number of nitrogens with one attached hydrogen (secondary N) is 2. The van der Waals surface area contributed by atoms with Crippen molar-refractivity contribution in [3.05, 3.63) is 30.6 Å². The highest BCUT2D eigenvalue weighted by molar-refractivity contribution is 5.47. The highest BCUT2D eigenvalue weighted by atomic mass is 19.4. The minimum atomic E-state index is -4.59. The molecule has 21 heavy (non-hydrogen) atoms. The molecule has 2 N–H and O–H groups in total. The van der Waals surface area contributed by atoms with E-state index in [-0.39, 0.29) is 17.7 Å². The van der Waals surface area contributed by atoms with Gasteiger partial charge in [0.25, 0.3) is 0 Å². The summed E-state index contributed by atoms with van der Waals surface area (Å²) in [7, 11) is 1.50. The van der Waals surface area contributed by atoms with Gasteiger partial charge in [-0.05, 0) is 6.92 Å². The van der Waals surface area contributed by atoms with Gasteiger partial charge in [-0.1, -0.05) is 0 Å². The summed E-state index contributed by atoms with van der Waals surface area (Å²) in [6.07, 6.45) is 0.464. The van der Waals surface area contributed by atoms with Gasteiger partial charge >= 0.3 is 6.18 Å². The van der Waals surface area contributed by atoms with Crippen molar-refractivity contribution in [3.8, 4) is 0 Å². The molecule has 0 radical (unpaired) electrons.